The zero-order chi connectivity index (χ0) is 4.12. The second kappa shape index (κ2) is 4.49. The monoisotopic (exact) mass is 88.0 g/mol. The smallest absolute Gasteiger partial charge is 0.215 e. The van der Waals surface area contributed by atoms with Gasteiger partial charge in [-0.15, -0.1) is 0 Å². The van der Waals surface area contributed by atoms with Crippen LogP contribution in [0.5, 0.6) is 0 Å². The summed E-state index contributed by atoms with van der Waals surface area (Å²) in [6.45, 7) is 0.951. The lowest BCUT2D eigenvalue weighted by Crippen LogP contribution is -1.82. The third-order valence-corrected chi connectivity index (χ3v) is 0.816. The summed E-state index contributed by atoms with van der Waals surface area (Å²) in [4.78, 5) is 0. The maximum Gasteiger partial charge on any atom is 0.215 e. The molecule has 30 valence electrons. The molecule has 0 spiro atoms. The van der Waals surface area contributed by atoms with E-state index in [0.29, 0.717) is 0 Å². The summed E-state index contributed by atoms with van der Waals surface area (Å²) < 4.78 is 4.73. The van der Waals surface area contributed by atoms with Gasteiger partial charge in [0.15, 0.2) is 0 Å². The molecule has 0 bridgehead atoms. The molecule has 0 aliphatic carbocycles. The summed E-state index contributed by atoms with van der Waals surface area (Å²) in [6, 6.07) is 0. The molecule has 0 rings (SSSR count). The second-order valence-electron chi connectivity index (χ2n) is 0.993. The molecule has 0 aliphatic heterocycles. The number of methoxy groups -OCH3 is 1. The Balaban J connectivity index is 2.19. The van der Waals surface area contributed by atoms with Crippen molar-refractivity contribution in [2.24, 2.45) is 0 Å². The molecule has 5 heavy (non-hydrogen) atoms. The predicted octanol–water partition coefficient (Wildman–Crippen LogP) is -0.316. The van der Waals surface area contributed by atoms with E-state index in [0.717, 1.165) is 6.61 Å². The van der Waals surface area contributed by atoms with Gasteiger partial charge in [0.1, 0.15) is 0 Å². The number of hydrogen-bond acceptors (Lipinski definition) is 1. The van der Waals surface area contributed by atoms with Gasteiger partial charge in [-0.05, 0) is 0 Å². The van der Waals surface area contributed by atoms with Crippen molar-refractivity contribution in [3.05, 3.63) is 0 Å². The summed E-state index contributed by atoms with van der Waals surface area (Å²) in [7, 11) is 1.73. The molecule has 0 saturated carbocycles. The minimum atomic E-state index is 0.951. The summed E-state index contributed by atoms with van der Waals surface area (Å²) in [6.07, 6.45) is 0. The minimum Gasteiger partial charge on any atom is -0.386 e. The van der Waals surface area contributed by atoms with Crippen LogP contribution in [-0.2, 0) is 4.74 Å². The zero-order valence-corrected chi connectivity index (χ0v) is 5.82. The average molecular weight is 88.1 g/mol. The Labute approximate surface area is 40.7 Å². The Hall–Kier alpha value is 0.492. The third-order valence-electron chi connectivity index (χ3n) is 0.408. The Morgan fingerprint density at radius 2 is 2.40 bits per heavy atom. The molecule has 0 N–H and O–H groups in total. The fourth-order valence-electron chi connectivity index (χ4n) is 0.204. The third kappa shape index (κ3) is 4.49. The van der Waals surface area contributed by atoms with Gasteiger partial charge >= 0.3 is 0 Å². The summed E-state index contributed by atoms with van der Waals surface area (Å²) in [5, 5.41) is 1.26. The zero-order valence-electron chi connectivity index (χ0n) is 3.82. The molecule has 0 unspecified atom stereocenters. The first-order chi connectivity index (χ1) is 2.41. The van der Waals surface area contributed by atoms with Crippen LogP contribution in [0.4, 0.5) is 0 Å². The number of ether oxygens (including phenoxy) is 1. The summed E-state index contributed by atoms with van der Waals surface area (Å²) in [5.41, 5.74) is 0. The summed E-state index contributed by atoms with van der Waals surface area (Å²) in [5.74, 6) is 0. The van der Waals surface area contributed by atoms with E-state index >= 15 is 0 Å². The number of hydrogen-bond donors (Lipinski definition) is 0. The van der Waals surface area contributed by atoms with Crippen molar-refractivity contribution >= 4 is 16.3 Å². The van der Waals surface area contributed by atoms with Crippen LogP contribution in [0.3, 0.4) is 0 Å². The van der Waals surface area contributed by atoms with Crippen LogP contribution in [0.2, 0.25) is 5.28 Å². The number of rotatable bonds is 2. The molecule has 0 aliphatic rings. The lowest BCUT2D eigenvalue weighted by atomic mass is 10.9. The molecule has 2 heteroatoms. The molecule has 0 radical (unpaired) electrons. The van der Waals surface area contributed by atoms with Crippen molar-refractivity contribution < 1.29 is 4.74 Å². The van der Waals surface area contributed by atoms with Crippen LogP contribution >= 0.6 is 0 Å². The predicted molar refractivity (Wildman–Crippen MR) is 25.2 cm³/mol. The summed E-state index contributed by atoms with van der Waals surface area (Å²) >= 11 is 1.27. The van der Waals surface area contributed by atoms with Gasteiger partial charge in [-0.3, -0.25) is 0 Å². The highest BCUT2D eigenvalue weighted by atomic mass is 27.0. The van der Waals surface area contributed by atoms with Gasteiger partial charge in [0.25, 0.3) is 0 Å². The van der Waals surface area contributed by atoms with Crippen LogP contribution in [-0.4, -0.2) is 30.0 Å². The first-order valence-corrected chi connectivity index (χ1v) is 3.32. The fraction of sp³-hybridized carbons (Fsp3) is 1.00. The van der Waals surface area contributed by atoms with Crippen molar-refractivity contribution in [3.8, 4) is 0 Å². The molecule has 0 saturated heterocycles. The fourth-order valence-corrected chi connectivity index (χ4v) is 0.612. The standard InChI is InChI=1S/C3H7O.Al.2H/c1-3-4-2;;;/h1,3H2,2H3;;;. The molecule has 0 aromatic heterocycles. The molecular weight excluding hydrogens is 79.0 g/mol. The molecule has 0 atom stereocenters. The Kier molecular flexibility index (Phi) is 4.93. The highest BCUT2D eigenvalue weighted by Gasteiger charge is 1.67. The molecule has 0 aromatic rings. The molecule has 0 fully saturated rings. The quantitative estimate of drug-likeness (QED) is 0.420. The molecule has 0 aromatic carbocycles. The van der Waals surface area contributed by atoms with E-state index < -0.39 is 0 Å². The van der Waals surface area contributed by atoms with E-state index in [9.17, 15) is 0 Å². The Morgan fingerprint density at radius 3 is 2.40 bits per heavy atom. The van der Waals surface area contributed by atoms with E-state index in [1.807, 2.05) is 0 Å². The molecule has 0 amide bonds. The van der Waals surface area contributed by atoms with Crippen LogP contribution in [0, 0.1) is 0 Å². The lowest BCUT2D eigenvalue weighted by Gasteiger charge is -1.84. The first kappa shape index (κ1) is 5.49. The maximum atomic E-state index is 4.73. The van der Waals surface area contributed by atoms with Gasteiger partial charge in [0.2, 0.25) is 16.3 Å². The van der Waals surface area contributed by atoms with Crippen molar-refractivity contribution in [2.75, 3.05) is 13.7 Å². The normalized spacial score (nSPS) is 8.20. The second-order valence-corrected chi connectivity index (χ2v) is 1.99. The van der Waals surface area contributed by atoms with Gasteiger partial charge < -0.3 is 4.74 Å². The lowest BCUT2D eigenvalue weighted by molar-refractivity contribution is 0.216. The molecular formula is C3H9AlO. The van der Waals surface area contributed by atoms with Crippen molar-refractivity contribution in [1.29, 1.82) is 0 Å². The Bertz CT molecular complexity index is 14.4. The molecule has 0 heterocycles. The van der Waals surface area contributed by atoms with Crippen LogP contribution in [0.1, 0.15) is 0 Å². The van der Waals surface area contributed by atoms with Crippen LogP contribution < -0.4 is 0 Å². The Morgan fingerprint density at radius 1 is 1.80 bits per heavy atom. The van der Waals surface area contributed by atoms with Crippen LogP contribution in [0.15, 0.2) is 0 Å². The molecule has 1 nitrogen and oxygen atoms in total. The van der Waals surface area contributed by atoms with Crippen molar-refractivity contribution in [2.45, 2.75) is 5.28 Å². The highest BCUT2D eigenvalue weighted by Crippen LogP contribution is 1.67. The van der Waals surface area contributed by atoms with E-state index in [2.05, 4.69) is 0 Å². The van der Waals surface area contributed by atoms with E-state index in [1.54, 1.807) is 7.11 Å². The topological polar surface area (TPSA) is 9.23 Å². The van der Waals surface area contributed by atoms with E-state index in [-0.39, 0.29) is 0 Å². The first-order valence-electron chi connectivity index (χ1n) is 1.90. The van der Waals surface area contributed by atoms with Gasteiger partial charge in [-0.25, -0.2) is 0 Å². The van der Waals surface area contributed by atoms with Crippen molar-refractivity contribution in [1.82, 2.24) is 0 Å². The van der Waals surface area contributed by atoms with Gasteiger partial charge in [-0.2, -0.15) is 0 Å². The SMILES string of the molecule is COC[CH2][AlH2]. The van der Waals surface area contributed by atoms with Gasteiger partial charge in [-0.1, -0.05) is 5.28 Å². The van der Waals surface area contributed by atoms with E-state index in [4.69, 9.17) is 4.74 Å². The highest BCUT2D eigenvalue weighted by molar-refractivity contribution is 6.08. The van der Waals surface area contributed by atoms with Crippen LogP contribution in [0.25, 0.3) is 0 Å². The van der Waals surface area contributed by atoms with Gasteiger partial charge in [0.05, 0.1) is 0 Å². The average Bonchev–Trinajstić information content (AvgIpc) is 1.41. The van der Waals surface area contributed by atoms with Crippen molar-refractivity contribution in [3.63, 3.8) is 0 Å². The largest absolute Gasteiger partial charge is 0.386 e. The maximum absolute atomic E-state index is 4.73. The minimum absolute atomic E-state index is 0.951. The van der Waals surface area contributed by atoms with Gasteiger partial charge in [0, 0.05) is 13.7 Å². The van der Waals surface area contributed by atoms with E-state index in [1.165, 1.54) is 21.6 Å².